The molecule has 124 valence electrons. The molecule has 0 saturated heterocycles. The van der Waals surface area contributed by atoms with Crippen LogP contribution in [0.25, 0.3) is 10.9 Å². The molecule has 0 atom stereocenters. The molecule has 5 nitrogen and oxygen atoms in total. The first-order chi connectivity index (χ1) is 11.0. The number of hydrogen-bond donors (Lipinski definition) is 1. The zero-order chi connectivity index (χ0) is 17.0. The minimum Gasteiger partial charge on any atom is -0.481 e. The van der Waals surface area contributed by atoms with Gasteiger partial charge in [0.2, 0.25) is 0 Å². The third-order valence-electron chi connectivity index (χ3n) is 3.93. The molecule has 0 fully saturated rings. The Morgan fingerprint density at radius 2 is 1.96 bits per heavy atom. The van der Waals surface area contributed by atoms with Crippen LogP contribution in [0.4, 0.5) is 0 Å². The Morgan fingerprint density at radius 1 is 1.26 bits per heavy atom. The number of hydrogen-bond acceptors (Lipinski definition) is 2. The summed E-state index contributed by atoms with van der Waals surface area (Å²) in [5, 5.41) is 9.94. The van der Waals surface area contributed by atoms with Crippen LogP contribution >= 0.6 is 0 Å². The van der Waals surface area contributed by atoms with Crippen molar-refractivity contribution in [2.24, 2.45) is 0 Å². The van der Waals surface area contributed by atoms with Gasteiger partial charge < -0.3 is 14.6 Å². The van der Waals surface area contributed by atoms with Crippen molar-refractivity contribution in [3.63, 3.8) is 0 Å². The SMILES string of the molecule is CCCn1c(C(=O)N(CCC(=O)O)C(C)C)cc2ccccc21. The van der Waals surface area contributed by atoms with Crippen molar-refractivity contribution in [1.29, 1.82) is 0 Å². The predicted octanol–water partition coefficient (Wildman–Crippen LogP) is 3.38. The van der Waals surface area contributed by atoms with E-state index in [1.54, 1.807) is 4.90 Å². The fraction of sp³-hybridized carbons (Fsp3) is 0.444. The number of carboxylic acid groups (broad SMARTS) is 1. The number of aryl methyl sites for hydroxylation is 1. The van der Waals surface area contributed by atoms with Gasteiger partial charge in [0.15, 0.2) is 0 Å². The minimum atomic E-state index is -0.891. The molecule has 0 radical (unpaired) electrons. The minimum absolute atomic E-state index is 0.0437. The van der Waals surface area contributed by atoms with E-state index in [1.807, 2.05) is 48.7 Å². The molecule has 0 saturated carbocycles. The number of aromatic nitrogens is 1. The normalized spacial score (nSPS) is 11.1. The van der Waals surface area contributed by atoms with Gasteiger partial charge in [-0.1, -0.05) is 25.1 Å². The second kappa shape index (κ2) is 7.31. The van der Waals surface area contributed by atoms with Gasteiger partial charge in [0.25, 0.3) is 5.91 Å². The lowest BCUT2D eigenvalue weighted by molar-refractivity contribution is -0.137. The molecule has 1 aromatic carbocycles. The Bertz CT molecular complexity index is 703. The van der Waals surface area contributed by atoms with Gasteiger partial charge in [0.1, 0.15) is 5.69 Å². The summed E-state index contributed by atoms with van der Waals surface area (Å²) in [5.41, 5.74) is 1.67. The van der Waals surface area contributed by atoms with E-state index in [0.29, 0.717) is 5.69 Å². The number of aliphatic carboxylic acids is 1. The van der Waals surface area contributed by atoms with Crippen LogP contribution < -0.4 is 0 Å². The Morgan fingerprint density at radius 3 is 2.57 bits per heavy atom. The van der Waals surface area contributed by atoms with E-state index in [0.717, 1.165) is 23.9 Å². The molecule has 2 rings (SSSR count). The Balaban J connectivity index is 2.41. The average molecular weight is 316 g/mol. The van der Waals surface area contributed by atoms with Crippen molar-refractivity contribution in [2.75, 3.05) is 6.54 Å². The fourth-order valence-corrected chi connectivity index (χ4v) is 2.81. The fourth-order valence-electron chi connectivity index (χ4n) is 2.81. The van der Waals surface area contributed by atoms with Gasteiger partial charge in [0, 0.05) is 30.0 Å². The van der Waals surface area contributed by atoms with Gasteiger partial charge in [0.05, 0.1) is 6.42 Å². The van der Waals surface area contributed by atoms with Gasteiger partial charge >= 0.3 is 5.97 Å². The van der Waals surface area contributed by atoms with E-state index in [2.05, 4.69) is 6.92 Å². The third kappa shape index (κ3) is 3.73. The molecule has 0 bridgehead atoms. The highest BCUT2D eigenvalue weighted by atomic mass is 16.4. The molecule has 23 heavy (non-hydrogen) atoms. The van der Waals surface area contributed by atoms with E-state index in [4.69, 9.17) is 5.11 Å². The predicted molar refractivity (Wildman–Crippen MR) is 90.7 cm³/mol. The highest BCUT2D eigenvalue weighted by Crippen LogP contribution is 2.22. The zero-order valence-electron chi connectivity index (χ0n) is 14.0. The van der Waals surface area contributed by atoms with E-state index in [9.17, 15) is 9.59 Å². The molecule has 2 aromatic rings. The molecule has 1 aromatic heterocycles. The van der Waals surface area contributed by atoms with Crippen molar-refractivity contribution in [1.82, 2.24) is 9.47 Å². The topological polar surface area (TPSA) is 62.5 Å². The van der Waals surface area contributed by atoms with Gasteiger partial charge in [-0.05, 0) is 32.4 Å². The lowest BCUT2D eigenvalue weighted by Gasteiger charge is -2.26. The highest BCUT2D eigenvalue weighted by molar-refractivity contribution is 5.99. The summed E-state index contributed by atoms with van der Waals surface area (Å²) in [7, 11) is 0. The van der Waals surface area contributed by atoms with E-state index < -0.39 is 5.97 Å². The van der Waals surface area contributed by atoms with Crippen LogP contribution in [0.1, 0.15) is 44.1 Å². The van der Waals surface area contributed by atoms with Gasteiger partial charge in [-0.25, -0.2) is 0 Å². The van der Waals surface area contributed by atoms with Gasteiger partial charge in [-0.15, -0.1) is 0 Å². The summed E-state index contributed by atoms with van der Waals surface area (Å²) in [6, 6.07) is 9.79. The van der Waals surface area contributed by atoms with Crippen LogP contribution in [0.15, 0.2) is 30.3 Å². The molecule has 1 N–H and O–H groups in total. The molecule has 0 aliphatic rings. The number of carbonyl (C=O) groups excluding carboxylic acids is 1. The van der Waals surface area contributed by atoms with Gasteiger partial charge in [-0.2, -0.15) is 0 Å². The second-order valence-electron chi connectivity index (χ2n) is 5.98. The molecule has 0 aliphatic carbocycles. The Hall–Kier alpha value is -2.30. The number of nitrogens with zero attached hydrogens (tertiary/aromatic N) is 2. The maximum Gasteiger partial charge on any atom is 0.305 e. The maximum absolute atomic E-state index is 13.0. The van der Waals surface area contributed by atoms with Crippen molar-refractivity contribution >= 4 is 22.8 Å². The van der Waals surface area contributed by atoms with Crippen LogP contribution in [-0.4, -0.2) is 39.0 Å². The number of carbonyl (C=O) groups is 2. The van der Waals surface area contributed by atoms with Crippen LogP contribution in [-0.2, 0) is 11.3 Å². The van der Waals surface area contributed by atoms with Crippen molar-refractivity contribution in [3.05, 3.63) is 36.0 Å². The van der Waals surface area contributed by atoms with Crippen LogP contribution in [0.2, 0.25) is 0 Å². The smallest absolute Gasteiger partial charge is 0.305 e. The Kier molecular flexibility index (Phi) is 5.42. The average Bonchev–Trinajstić information content (AvgIpc) is 2.86. The van der Waals surface area contributed by atoms with E-state index >= 15 is 0 Å². The lowest BCUT2D eigenvalue weighted by Crippen LogP contribution is -2.39. The summed E-state index contributed by atoms with van der Waals surface area (Å²) < 4.78 is 2.04. The standard InChI is InChI=1S/C18H24N2O3/c1-4-10-20-15-8-6-5-7-14(15)12-16(20)18(23)19(13(2)3)11-9-17(21)22/h5-8,12-13H,4,9-11H2,1-3H3,(H,21,22). The summed E-state index contributed by atoms with van der Waals surface area (Å²) in [5.74, 6) is -0.997. The quantitative estimate of drug-likeness (QED) is 0.852. The summed E-state index contributed by atoms with van der Waals surface area (Å²) in [6.45, 7) is 6.88. The van der Waals surface area contributed by atoms with Crippen LogP contribution in [0.3, 0.4) is 0 Å². The molecular weight excluding hydrogens is 292 g/mol. The molecule has 0 unspecified atom stereocenters. The van der Waals surface area contributed by atoms with Crippen LogP contribution in [0, 0.1) is 0 Å². The largest absolute Gasteiger partial charge is 0.481 e. The Labute approximate surface area is 136 Å². The summed E-state index contributed by atoms with van der Waals surface area (Å²) in [6.07, 6.45) is 0.883. The maximum atomic E-state index is 13.0. The molecular formula is C18H24N2O3. The number of amides is 1. The number of benzene rings is 1. The zero-order valence-corrected chi connectivity index (χ0v) is 14.0. The molecule has 5 heteroatoms. The first-order valence-corrected chi connectivity index (χ1v) is 8.06. The second-order valence-corrected chi connectivity index (χ2v) is 5.98. The first kappa shape index (κ1) is 17.1. The molecule has 0 aliphatic heterocycles. The number of carboxylic acids is 1. The number of fused-ring (bicyclic) bond motifs is 1. The molecule has 1 heterocycles. The first-order valence-electron chi connectivity index (χ1n) is 8.06. The van der Waals surface area contributed by atoms with Crippen molar-refractivity contribution in [3.8, 4) is 0 Å². The van der Waals surface area contributed by atoms with E-state index in [-0.39, 0.29) is 24.9 Å². The van der Waals surface area contributed by atoms with Crippen molar-refractivity contribution < 1.29 is 14.7 Å². The molecule has 1 amide bonds. The van der Waals surface area contributed by atoms with Crippen LogP contribution in [0.5, 0.6) is 0 Å². The monoisotopic (exact) mass is 316 g/mol. The van der Waals surface area contributed by atoms with Gasteiger partial charge in [-0.3, -0.25) is 9.59 Å². The summed E-state index contributed by atoms with van der Waals surface area (Å²) in [4.78, 5) is 25.5. The number of rotatable bonds is 7. The summed E-state index contributed by atoms with van der Waals surface area (Å²) >= 11 is 0. The number of para-hydroxylation sites is 1. The lowest BCUT2D eigenvalue weighted by atomic mass is 10.2. The molecule has 0 spiro atoms. The van der Waals surface area contributed by atoms with E-state index in [1.165, 1.54) is 0 Å². The highest BCUT2D eigenvalue weighted by Gasteiger charge is 2.23. The van der Waals surface area contributed by atoms with Crippen molar-refractivity contribution in [2.45, 2.75) is 46.2 Å². The third-order valence-corrected chi connectivity index (χ3v) is 3.93.